The quantitative estimate of drug-likeness (QED) is 0.762. The van der Waals surface area contributed by atoms with Gasteiger partial charge in [-0.1, -0.05) is 24.3 Å². The molecule has 0 saturated carbocycles. The van der Waals surface area contributed by atoms with Gasteiger partial charge in [0.05, 0.1) is 18.2 Å². The first kappa shape index (κ1) is 18.4. The summed E-state index contributed by atoms with van der Waals surface area (Å²) in [5.74, 6) is -1.24. The Kier molecular flexibility index (Phi) is 5.95. The largest absolute Gasteiger partial charge is 0.481 e. The van der Waals surface area contributed by atoms with E-state index in [2.05, 4.69) is 5.32 Å². The molecule has 1 heterocycles. The number of hydrogen-bond donors (Lipinski definition) is 2. The molecule has 1 aromatic carbocycles. The molecule has 132 valence electrons. The van der Waals surface area contributed by atoms with E-state index in [4.69, 9.17) is 5.11 Å². The van der Waals surface area contributed by atoms with Crippen molar-refractivity contribution in [3.63, 3.8) is 0 Å². The number of benzene rings is 1. The number of amides is 1. The third kappa shape index (κ3) is 4.78. The van der Waals surface area contributed by atoms with Crippen molar-refractivity contribution in [1.29, 1.82) is 0 Å². The maximum atomic E-state index is 12.2. The van der Waals surface area contributed by atoms with Gasteiger partial charge in [0.2, 0.25) is 15.9 Å². The molecule has 1 fully saturated rings. The van der Waals surface area contributed by atoms with Crippen LogP contribution < -0.4 is 5.32 Å². The van der Waals surface area contributed by atoms with Crippen LogP contribution in [0.4, 0.5) is 0 Å². The van der Waals surface area contributed by atoms with Crippen molar-refractivity contribution in [2.24, 2.45) is 0 Å². The normalized spacial score (nSPS) is 18.2. The SMILES string of the molecule is Cc1ccccc1C(CC(=O)O)NC(=O)CCN1CCCS1(=O)=O. The predicted molar refractivity (Wildman–Crippen MR) is 88.9 cm³/mol. The Morgan fingerprint density at radius 2 is 2.04 bits per heavy atom. The van der Waals surface area contributed by atoms with Crippen molar-refractivity contribution in [3.05, 3.63) is 35.4 Å². The van der Waals surface area contributed by atoms with Gasteiger partial charge >= 0.3 is 5.97 Å². The molecule has 0 aromatic heterocycles. The first-order valence-corrected chi connectivity index (χ1v) is 9.45. The number of rotatable bonds is 7. The third-order valence-corrected chi connectivity index (χ3v) is 6.03. The van der Waals surface area contributed by atoms with Gasteiger partial charge in [0.25, 0.3) is 0 Å². The van der Waals surface area contributed by atoms with Crippen molar-refractivity contribution in [3.8, 4) is 0 Å². The van der Waals surface area contributed by atoms with Crippen LogP contribution in [-0.2, 0) is 19.6 Å². The van der Waals surface area contributed by atoms with E-state index in [0.29, 0.717) is 13.0 Å². The van der Waals surface area contributed by atoms with Crippen LogP contribution in [0.2, 0.25) is 0 Å². The predicted octanol–water partition coefficient (Wildman–Crippen LogP) is 1.05. The van der Waals surface area contributed by atoms with Crippen LogP contribution in [0.5, 0.6) is 0 Å². The second-order valence-electron chi connectivity index (χ2n) is 5.89. The monoisotopic (exact) mass is 354 g/mol. The first-order chi connectivity index (χ1) is 11.3. The van der Waals surface area contributed by atoms with Crippen LogP contribution in [0.15, 0.2) is 24.3 Å². The fourth-order valence-corrected chi connectivity index (χ4v) is 4.36. The van der Waals surface area contributed by atoms with Crippen LogP contribution >= 0.6 is 0 Å². The Balaban J connectivity index is 2.00. The summed E-state index contributed by atoms with van der Waals surface area (Å²) in [4.78, 5) is 23.3. The number of carboxylic acid groups (broad SMARTS) is 1. The minimum atomic E-state index is -3.23. The average molecular weight is 354 g/mol. The lowest BCUT2D eigenvalue weighted by Crippen LogP contribution is -2.34. The van der Waals surface area contributed by atoms with E-state index < -0.39 is 22.0 Å². The number of sulfonamides is 1. The van der Waals surface area contributed by atoms with E-state index in [0.717, 1.165) is 11.1 Å². The molecule has 0 spiro atoms. The number of aliphatic carboxylic acids is 1. The number of carboxylic acids is 1. The fraction of sp³-hybridized carbons (Fsp3) is 0.500. The number of hydrogen-bond acceptors (Lipinski definition) is 4. The topological polar surface area (TPSA) is 104 Å². The highest BCUT2D eigenvalue weighted by molar-refractivity contribution is 7.89. The summed E-state index contributed by atoms with van der Waals surface area (Å²) in [5, 5.41) is 11.8. The molecular weight excluding hydrogens is 332 g/mol. The second kappa shape index (κ2) is 7.76. The van der Waals surface area contributed by atoms with Gasteiger partial charge in [0.15, 0.2) is 0 Å². The van der Waals surface area contributed by atoms with E-state index in [9.17, 15) is 18.0 Å². The van der Waals surface area contributed by atoms with Gasteiger partial charge in [-0.05, 0) is 24.5 Å². The number of nitrogens with one attached hydrogen (secondary N) is 1. The smallest absolute Gasteiger partial charge is 0.305 e. The van der Waals surface area contributed by atoms with E-state index >= 15 is 0 Å². The number of carbonyl (C=O) groups excluding carboxylic acids is 1. The molecule has 2 N–H and O–H groups in total. The van der Waals surface area contributed by atoms with Gasteiger partial charge in [-0.15, -0.1) is 0 Å². The van der Waals surface area contributed by atoms with Crippen molar-refractivity contribution in [1.82, 2.24) is 9.62 Å². The van der Waals surface area contributed by atoms with E-state index in [1.54, 1.807) is 12.1 Å². The van der Waals surface area contributed by atoms with Gasteiger partial charge in [-0.3, -0.25) is 9.59 Å². The molecule has 1 aromatic rings. The molecular formula is C16H22N2O5S. The van der Waals surface area contributed by atoms with E-state index in [1.165, 1.54) is 4.31 Å². The van der Waals surface area contributed by atoms with Crippen LogP contribution in [0.1, 0.15) is 36.4 Å². The average Bonchev–Trinajstić information content (AvgIpc) is 2.83. The highest BCUT2D eigenvalue weighted by atomic mass is 32.2. The van der Waals surface area contributed by atoms with Crippen LogP contribution in [0.3, 0.4) is 0 Å². The van der Waals surface area contributed by atoms with E-state index in [1.807, 2.05) is 19.1 Å². The molecule has 1 aliphatic rings. The summed E-state index contributed by atoms with van der Waals surface area (Å²) < 4.78 is 24.8. The Morgan fingerprint density at radius 1 is 1.33 bits per heavy atom. The Hall–Kier alpha value is -1.93. The number of carbonyl (C=O) groups is 2. The molecule has 1 aliphatic heterocycles. The van der Waals surface area contributed by atoms with E-state index in [-0.39, 0.29) is 31.0 Å². The lowest BCUT2D eigenvalue weighted by molar-refractivity contribution is -0.137. The molecule has 1 amide bonds. The minimum Gasteiger partial charge on any atom is -0.481 e. The first-order valence-electron chi connectivity index (χ1n) is 7.84. The molecule has 1 atom stereocenters. The van der Waals surface area contributed by atoms with Crippen molar-refractivity contribution < 1.29 is 23.1 Å². The molecule has 0 bridgehead atoms. The lowest BCUT2D eigenvalue weighted by Gasteiger charge is -2.20. The van der Waals surface area contributed by atoms with Crippen molar-refractivity contribution in [2.45, 2.75) is 32.2 Å². The molecule has 0 aliphatic carbocycles. The fourth-order valence-electron chi connectivity index (χ4n) is 2.83. The van der Waals surface area contributed by atoms with Gasteiger partial charge in [-0.2, -0.15) is 0 Å². The molecule has 7 nitrogen and oxygen atoms in total. The molecule has 2 rings (SSSR count). The summed E-state index contributed by atoms with van der Waals surface area (Å²) >= 11 is 0. The summed E-state index contributed by atoms with van der Waals surface area (Å²) in [6.45, 7) is 2.42. The minimum absolute atomic E-state index is 0.0151. The van der Waals surface area contributed by atoms with Crippen LogP contribution in [-0.4, -0.2) is 48.5 Å². The number of nitrogens with zero attached hydrogens (tertiary/aromatic N) is 1. The Morgan fingerprint density at radius 3 is 2.62 bits per heavy atom. The Bertz CT molecular complexity index is 717. The van der Waals surface area contributed by atoms with Gasteiger partial charge in [0.1, 0.15) is 0 Å². The maximum absolute atomic E-state index is 12.2. The van der Waals surface area contributed by atoms with Crippen LogP contribution in [0, 0.1) is 6.92 Å². The van der Waals surface area contributed by atoms with Crippen molar-refractivity contribution >= 4 is 21.9 Å². The summed E-state index contributed by atoms with van der Waals surface area (Å²) in [6.07, 6.45) is 0.370. The highest BCUT2D eigenvalue weighted by Crippen LogP contribution is 2.21. The zero-order chi connectivity index (χ0) is 17.7. The Labute approximate surface area is 141 Å². The molecule has 1 unspecified atom stereocenters. The molecule has 1 saturated heterocycles. The van der Waals surface area contributed by atoms with Crippen LogP contribution in [0.25, 0.3) is 0 Å². The molecule has 24 heavy (non-hydrogen) atoms. The highest BCUT2D eigenvalue weighted by Gasteiger charge is 2.28. The summed E-state index contributed by atoms with van der Waals surface area (Å²) in [7, 11) is -3.23. The molecule has 0 radical (unpaired) electrons. The zero-order valence-electron chi connectivity index (χ0n) is 13.6. The zero-order valence-corrected chi connectivity index (χ0v) is 14.4. The van der Waals surface area contributed by atoms with Crippen molar-refractivity contribution in [2.75, 3.05) is 18.8 Å². The van der Waals surface area contributed by atoms with Gasteiger partial charge in [-0.25, -0.2) is 12.7 Å². The standard InChI is InChI=1S/C16H22N2O5S/c1-12-5-2-3-6-13(12)14(11-16(20)21)17-15(19)7-9-18-8-4-10-24(18,22)23/h2-3,5-6,14H,4,7-11H2,1H3,(H,17,19)(H,20,21). The second-order valence-corrected chi connectivity index (χ2v) is 7.98. The summed E-state index contributed by atoms with van der Waals surface area (Å²) in [5.41, 5.74) is 1.65. The van der Waals surface area contributed by atoms with Gasteiger partial charge < -0.3 is 10.4 Å². The van der Waals surface area contributed by atoms with Gasteiger partial charge in [0, 0.05) is 19.5 Å². The lowest BCUT2D eigenvalue weighted by atomic mass is 9.98. The maximum Gasteiger partial charge on any atom is 0.305 e. The summed E-state index contributed by atoms with van der Waals surface area (Å²) in [6, 6.07) is 6.64. The number of aryl methyl sites for hydroxylation is 1. The molecule has 8 heteroatoms. The third-order valence-electron chi connectivity index (χ3n) is 4.07.